The van der Waals surface area contributed by atoms with Crippen LogP contribution in [0.2, 0.25) is 0 Å². The number of likely N-dealkylation sites (tertiary alicyclic amines) is 1. The van der Waals surface area contributed by atoms with E-state index in [1.54, 1.807) is 11.4 Å². The fourth-order valence-corrected chi connectivity index (χ4v) is 3.31. The number of piperidine rings is 1. The summed E-state index contributed by atoms with van der Waals surface area (Å²) in [5.41, 5.74) is -0.209. The van der Waals surface area contributed by atoms with Gasteiger partial charge in [0.05, 0.1) is 6.67 Å². The molecular formula is C15H17F3N4OS. The Bertz CT molecular complexity index is 675. The quantitative estimate of drug-likeness (QED) is 0.914. The number of carbonyl (C=O) groups is 1. The monoisotopic (exact) mass is 358 g/mol. The highest BCUT2D eigenvalue weighted by atomic mass is 32.1. The molecule has 0 bridgehead atoms. The first-order valence-corrected chi connectivity index (χ1v) is 8.52. The zero-order valence-corrected chi connectivity index (χ0v) is 13.6. The zero-order valence-electron chi connectivity index (χ0n) is 12.8. The third-order valence-electron chi connectivity index (χ3n) is 3.98. The lowest BCUT2D eigenvalue weighted by Gasteiger charge is -2.32. The molecule has 9 heteroatoms. The minimum absolute atomic E-state index is 0.0726. The summed E-state index contributed by atoms with van der Waals surface area (Å²) in [5.74, 6) is -0.0726. The van der Waals surface area contributed by atoms with E-state index in [0.29, 0.717) is 25.3 Å². The number of alkyl halides is 3. The van der Waals surface area contributed by atoms with E-state index in [2.05, 4.69) is 10.4 Å². The van der Waals surface area contributed by atoms with Gasteiger partial charge in [-0.1, -0.05) is 0 Å². The highest BCUT2D eigenvalue weighted by Gasteiger charge is 2.33. The molecule has 3 rings (SSSR count). The average Bonchev–Trinajstić information content (AvgIpc) is 3.19. The first kappa shape index (κ1) is 17.0. The van der Waals surface area contributed by atoms with Crippen LogP contribution in [-0.4, -0.2) is 39.7 Å². The van der Waals surface area contributed by atoms with Crippen LogP contribution in [0.15, 0.2) is 29.1 Å². The molecule has 1 saturated heterocycles. The van der Waals surface area contributed by atoms with Crippen LogP contribution < -0.4 is 5.32 Å². The second-order valence-electron chi connectivity index (χ2n) is 5.76. The van der Waals surface area contributed by atoms with E-state index in [4.69, 9.17) is 0 Å². The molecule has 0 unspecified atom stereocenters. The summed E-state index contributed by atoms with van der Waals surface area (Å²) in [6.45, 7) is 1.73. The summed E-state index contributed by atoms with van der Waals surface area (Å²) >= 11 is 1.48. The predicted molar refractivity (Wildman–Crippen MR) is 83.6 cm³/mol. The van der Waals surface area contributed by atoms with Crippen molar-refractivity contribution in [2.24, 2.45) is 0 Å². The van der Waals surface area contributed by atoms with E-state index in [-0.39, 0.29) is 11.9 Å². The number of rotatable bonds is 4. The van der Waals surface area contributed by atoms with Crippen molar-refractivity contribution in [1.82, 2.24) is 20.0 Å². The third-order valence-corrected chi connectivity index (χ3v) is 4.67. The van der Waals surface area contributed by atoms with Crippen LogP contribution in [0.4, 0.5) is 13.2 Å². The van der Waals surface area contributed by atoms with Crippen LogP contribution in [0.25, 0.3) is 0 Å². The van der Waals surface area contributed by atoms with Crippen molar-refractivity contribution in [3.05, 3.63) is 40.3 Å². The molecule has 24 heavy (non-hydrogen) atoms. The van der Waals surface area contributed by atoms with Crippen LogP contribution in [0.5, 0.6) is 0 Å². The van der Waals surface area contributed by atoms with E-state index in [0.717, 1.165) is 18.9 Å². The van der Waals surface area contributed by atoms with Gasteiger partial charge in [-0.05, 0) is 30.4 Å². The summed E-state index contributed by atoms with van der Waals surface area (Å²) in [5, 5.41) is 10.2. The van der Waals surface area contributed by atoms with Crippen molar-refractivity contribution in [1.29, 1.82) is 0 Å². The number of aromatic nitrogens is 2. The summed E-state index contributed by atoms with van der Waals surface area (Å²) in [6.07, 6.45) is -1.54. The summed E-state index contributed by atoms with van der Waals surface area (Å²) < 4.78 is 38.9. The van der Waals surface area contributed by atoms with Crippen molar-refractivity contribution < 1.29 is 18.0 Å². The van der Waals surface area contributed by atoms with Crippen LogP contribution >= 0.6 is 11.3 Å². The number of hydrogen-bond donors (Lipinski definition) is 1. The summed E-state index contributed by atoms with van der Waals surface area (Å²) in [7, 11) is 0. The van der Waals surface area contributed by atoms with Crippen LogP contribution in [-0.2, 0) is 12.8 Å². The van der Waals surface area contributed by atoms with E-state index >= 15 is 0 Å². The number of nitrogens with one attached hydrogen (secondary N) is 1. The largest absolute Gasteiger partial charge is 0.435 e. The van der Waals surface area contributed by atoms with Crippen LogP contribution in [0, 0.1) is 0 Å². The Morgan fingerprint density at radius 1 is 1.33 bits per heavy atom. The molecule has 1 N–H and O–H groups in total. The van der Waals surface area contributed by atoms with E-state index in [1.807, 2.05) is 10.3 Å². The molecule has 0 atom stereocenters. The number of nitrogens with zero attached hydrogens (tertiary/aromatic N) is 3. The van der Waals surface area contributed by atoms with E-state index < -0.39 is 11.9 Å². The van der Waals surface area contributed by atoms with Gasteiger partial charge in [-0.3, -0.25) is 14.4 Å². The number of amides is 1. The predicted octanol–water partition coefficient (Wildman–Crippen LogP) is 2.82. The third kappa shape index (κ3) is 4.15. The normalized spacial score (nSPS) is 17.1. The second-order valence-corrected chi connectivity index (χ2v) is 6.54. The SMILES string of the molecule is O=C(NC1CCN(Cn2ccc(C(F)(F)F)n2)CC1)c1ccsc1. The molecule has 0 radical (unpaired) electrons. The molecule has 0 aromatic carbocycles. The molecule has 1 aliphatic heterocycles. The summed E-state index contributed by atoms with van der Waals surface area (Å²) in [6, 6.07) is 2.86. The summed E-state index contributed by atoms with van der Waals surface area (Å²) in [4.78, 5) is 14.0. The Hall–Kier alpha value is -1.87. The van der Waals surface area contributed by atoms with Gasteiger partial charge in [0.15, 0.2) is 5.69 Å². The Balaban J connectivity index is 1.47. The molecule has 1 aliphatic rings. The average molecular weight is 358 g/mol. The van der Waals surface area contributed by atoms with Gasteiger partial charge in [-0.2, -0.15) is 29.6 Å². The fraction of sp³-hybridized carbons (Fsp3) is 0.467. The van der Waals surface area contributed by atoms with Gasteiger partial charge in [0.25, 0.3) is 5.91 Å². The molecule has 0 spiro atoms. The molecule has 0 aliphatic carbocycles. The number of carbonyl (C=O) groups excluding carboxylic acids is 1. The second kappa shape index (κ2) is 6.94. The maximum absolute atomic E-state index is 12.5. The smallest absolute Gasteiger partial charge is 0.349 e. The van der Waals surface area contributed by atoms with Crippen molar-refractivity contribution in [3.8, 4) is 0 Å². The molecule has 3 heterocycles. The van der Waals surface area contributed by atoms with Gasteiger partial charge >= 0.3 is 6.18 Å². The van der Waals surface area contributed by atoms with Crippen molar-refractivity contribution in [2.45, 2.75) is 31.7 Å². The fourth-order valence-electron chi connectivity index (χ4n) is 2.68. The van der Waals surface area contributed by atoms with Gasteiger partial charge in [0.1, 0.15) is 0 Å². The number of hydrogen-bond acceptors (Lipinski definition) is 4. The Kier molecular flexibility index (Phi) is 4.91. The number of halogens is 3. The molecule has 1 fully saturated rings. The van der Waals surface area contributed by atoms with Gasteiger partial charge < -0.3 is 5.32 Å². The van der Waals surface area contributed by atoms with Gasteiger partial charge in [-0.25, -0.2) is 0 Å². The Morgan fingerprint density at radius 3 is 2.67 bits per heavy atom. The highest BCUT2D eigenvalue weighted by molar-refractivity contribution is 7.08. The molecule has 5 nitrogen and oxygen atoms in total. The van der Waals surface area contributed by atoms with Gasteiger partial charge in [0.2, 0.25) is 0 Å². The van der Waals surface area contributed by atoms with Crippen molar-refractivity contribution >= 4 is 17.2 Å². The Morgan fingerprint density at radius 2 is 2.08 bits per heavy atom. The molecule has 2 aromatic rings. The minimum Gasteiger partial charge on any atom is -0.349 e. The zero-order chi connectivity index (χ0) is 17.2. The van der Waals surface area contributed by atoms with Crippen molar-refractivity contribution in [3.63, 3.8) is 0 Å². The number of thiophene rings is 1. The first-order chi connectivity index (χ1) is 11.4. The van der Waals surface area contributed by atoms with E-state index in [9.17, 15) is 18.0 Å². The lowest BCUT2D eigenvalue weighted by Crippen LogP contribution is -2.45. The minimum atomic E-state index is -4.41. The molecule has 2 aromatic heterocycles. The van der Waals surface area contributed by atoms with Gasteiger partial charge in [0, 0.05) is 36.3 Å². The molecule has 130 valence electrons. The first-order valence-electron chi connectivity index (χ1n) is 7.58. The maximum Gasteiger partial charge on any atom is 0.435 e. The molecule has 0 saturated carbocycles. The standard InChI is InChI=1S/C15H17F3N4OS/c16-15(17,18)13-3-7-22(20-13)10-21-5-1-12(2-6-21)19-14(23)11-4-8-24-9-11/h3-4,7-9,12H,1-2,5-6,10H2,(H,19,23). The lowest BCUT2D eigenvalue weighted by atomic mass is 10.1. The lowest BCUT2D eigenvalue weighted by molar-refractivity contribution is -0.141. The molecular weight excluding hydrogens is 341 g/mol. The van der Waals surface area contributed by atoms with Gasteiger partial charge in [-0.15, -0.1) is 0 Å². The maximum atomic E-state index is 12.5. The van der Waals surface area contributed by atoms with Crippen molar-refractivity contribution in [2.75, 3.05) is 13.1 Å². The topological polar surface area (TPSA) is 50.2 Å². The highest BCUT2D eigenvalue weighted by Crippen LogP contribution is 2.27. The molecule has 1 amide bonds. The van der Waals surface area contributed by atoms with E-state index in [1.165, 1.54) is 22.2 Å². The Labute approximate surface area is 141 Å². The van der Waals surface area contributed by atoms with Crippen LogP contribution in [0.3, 0.4) is 0 Å². The van der Waals surface area contributed by atoms with Crippen LogP contribution in [0.1, 0.15) is 28.9 Å².